The first kappa shape index (κ1) is 14.7. The number of aromatic nitrogens is 2. The van der Waals surface area contributed by atoms with Gasteiger partial charge in [0.15, 0.2) is 5.82 Å². The molecule has 0 unspecified atom stereocenters. The van der Waals surface area contributed by atoms with Gasteiger partial charge in [0.05, 0.1) is 18.3 Å². The highest BCUT2D eigenvalue weighted by Gasteiger charge is 2.10. The fourth-order valence-electron chi connectivity index (χ4n) is 2.54. The molecule has 0 aliphatic heterocycles. The second-order valence-corrected chi connectivity index (χ2v) is 5.79. The molecule has 4 nitrogen and oxygen atoms in total. The number of anilines is 1. The van der Waals surface area contributed by atoms with Gasteiger partial charge < -0.3 is 9.73 Å². The lowest BCUT2D eigenvalue weighted by molar-refractivity contribution is 0.518. The van der Waals surface area contributed by atoms with Crippen molar-refractivity contribution in [1.82, 2.24) is 9.97 Å². The molecule has 2 heterocycles. The first-order chi connectivity index (χ1) is 11.8. The Hall–Kier alpha value is -2.85. The minimum Gasteiger partial charge on any atom is -0.467 e. The second-order valence-electron chi connectivity index (χ2n) is 5.36. The van der Waals surface area contributed by atoms with Crippen LogP contribution in [-0.2, 0) is 6.54 Å². The lowest BCUT2D eigenvalue weighted by atomic mass is 10.2. The van der Waals surface area contributed by atoms with E-state index < -0.39 is 0 Å². The molecule has 0 saturated heterocycles. The molecule has 5 heteroatoms. The third kappa shape index (κ3) is 2.96. The van der Waals surface area contributed by atoms with Crippen LogP contribution in [0.25, 0.3) is 22.3 Å². The molecular formula is C19H14ClN3O. The van der Waals surface area contributed by atoms with Crippen molar-refractivity contribution >= 4 is 28.3 Å². The fourth-order valence-corrected chi connectivity index (χ4v) is 2.70. The Balaban J connectivity index is 1.80. The van der Waals surface area contributed by atoms with Crippen LogP contribution in [0.4, 0.5) is 5.82 Å². The molecule has 0 radical (unpaired) electrons. The standard InChI is InChI=1S/C19H14ClN3O/c20-14-8-9-16-17(11-14)22-18(13-5-2-1-3-6-13)23-19(16)21-12-15-7-4-10-24-15/h1-11H,12H2,(H,21,22,23). The minimum absolute atomic E-state index is 0.552. The maximum atomic E-state index is 6.13. The van der Waals surface area contributed by atoms with Crippen molar-refractivity contribution in [3.8, 4) is 11.4 Å². The summed E-state index contributed by atoms with van der Waals surface area (Å²) in [5, 5.41) is 4.90. The van der Waals surface area contributed by atoms with Crippen LogP contribution in [0.15, 0.2) is 71.3 Å². The van der Waals surface area contributed by atoms with Crippen molar-refractivity contribution in [2.45, 2.75) is 6.54 Å². The lowest BCUT2D eigenvalue weighted by Crippen LogP contribution is -2.03. The van der Waals surface area contributed by atoms with Crippen molar-refractivity contribution in [1.29, 1.82) is 0 Å². The van der Waals surface area contributed by atoms with Crippen molar-refractivity contribution in [3.63, 3.8) is 0 Å². The predicted octanol–water partition coefficient (Wildman–Crippen LogP) is 5.16. The molecule has 118 valence electrons. The quantitative estimate of drug-likeness (QED) is 0.560. The Bertz CT molecular complexity index is 969. The lowest BCUT2D eigenvalue weighted by Gasteiger charge is -2.10. The van der Waals surface area contributed by atoms with Gasteiger partial charge in [-0.05, 0) is 30.3 Å². The third-order valence-electron chi connectivity index (χ3n) is 3.70. The van der Waals surface area contributed by atoms with Gasteiger partial charge >= 0.3 is 0 Å². The van der Waals surface area contributed by atoms with E-state index in [0.29, 0.717) is 17.4 Å². The first-order valence-corrected chi connectivity index (χ1v) is 7.96. The van der Waals surface area contributed by atoms with Crippen LogP contribution in [0.2, 0.25) is 5.02 Å². The summed E-state index contributed by atoms with van der Waals surface area (Å²) in [4.78, 5) is 9.35. The Labute approximate surface area is 144 Å². The SMILES string of the molecule is Clc1ccc2c(NCc3ccco3)nc(-c3ccccc3)nc2c1. The van der Waals surface area contributed by atoms with E-state index in [1.165, 1.54) is 0 Å². The fraction of sp³-hybridized carbons (Fsp3) is 0.0526. The summed E-state index contributed by atoms with van der Waals surface area (Å²) in [7, 11) is 0. The van der Waals surface area contributed by atoms with Crippen LogP contribution in [0.5, 0.6) is 0 Å². The zero-order valence-electron chi connectivity index (χ0n) is 12.7. The van der Waals surface area contributed by atoms with Crippen LogP contribution in [0, 0.1) is 0 Å². The van der Waals surface area contributed by atoms with E-state index in [1.807, 2.05) is 60.7 Å². The zero-order valence-corrected chi connectivity index (χ0v) is 13.5. The van der Waals surface area contributed by atoms with E-state index in [4.69, 9.17) is 21.0 Å². The number of hydrogen-bond acceptors (Lipinski definition) is 4. The van der Waals surface area contributed by atoms with E-state index >= 15 is 0 Å². The van der Waals surface area contributed by atoms with E-state index in [2.05, 4.69) is 10.3 Å². The van der Waals surface area contributed by atoms with Crippen molar-refractivity contribution in [2.24, 2.45) is 0 Å². The molecule has 2 aromatic carbocycles. The summed E-state index contributed by atoms with van der Waals surface area (Å²) in [5.41, 5.74) is 1.76. The van der Waals surface area contributed by atoms with E-state index in [9.17, 15) is 0 Å². The smallest absolute Gasteiger partial charge is 0.162 e. The van der Waals surface area contributed by atoms with Crippen molar-refractivity contribution in [2.75, 3.05) is 5.32 Å². The van der Waals surface area contributed by atoms with Gasteiger partial charge in [0.25, 0.3) is 0 Å². The van der Waals surface area contributed by atoms with Crippen LogP contribution >= 0.6 is 11.6 Å². The molecule has 0 aliphatic carbocycles. The Morgan fingerprint density at radius 1 is 0.958 bits per heavy atom. The van der Waals surface area contributed by atoms with E-state index in [1.54, 1.807) is 6.26 Å². The molecule has 0 fully saturated rings. The van der Waals surface area contributed by atoms with Gasteiger partial charge in [0.2, 0.25) is 0 Å². The molecule has 2 aromatic heterocycles. The molecule has 24 heavy (non-hydrogen) atoms. The Morgan fingerprint density at radius 2 is 1.83 bits per heavy atom. The monoisotopic (exact) mass is 335 g/mol. The van der Waals surface area contributed by atoms with Gasteiger partial charge in [-0.1, -0.05) is 41.9 Å². The van der Waals surface area contributed by atoms with Crippen molar-refractivity contribution < 1.29 is 4.42 Å². The van der Waals surface area contributed by atoms with Gasteiger partial charge in [-0.25, -0.2) is 9.97 Å². The topological polar surface area (TPSA) is 51.0 Å². The van der Waals surface area contributed by atoms with Crippen LogP contribution in [0.3, 0.4) is 0 Å². The normalized spacial score (nSPS) is 10.9. The molecule has 4 aromatic rings. The summed E-state index contributed by atoms with van der Waals surface area (Å²) < 4.78 is 5.37. The molecule has 1 N–H and O–H groups in total. The molecule has 0 saturated carbocycles. The maximum absolute atomic E-state index is 6.13. The average molecular weight is 336 g/mol. The molecule has 0 bridgehead atoms. The molecule has 4 rings (SSSR count). The van der Waals surface area contributed by atoms with Crippen LogP contribution in [-0.4, -0.2) is 9.97 Å². The summed E-state index contributed by atoms with van der Waals surface area (Å²) in [6, 6.07) is 19.3. The van der Waals surface area contributed by atoms with Gasteiger partial charge in [-0.2, -0.15) is 0 Å². The Morgan fingerprint density at radius 3 is 2.62 bits per heavy atom. The van der Waals surface area contributed by atoms with Crippen molar-refractivity contribution in [3.05, 3.63) is 77.7 Å². The summed E-state index contributed by atoms with van der Waals surface area (Å²) in [5.74, 6) is 2.26. The number of nitrogens with one attached hydrogen (secondary N) is 1. The number of hydrogen-bond donors (Lipinski definition) is 1. The number of benzene rings is 2. The minimum atomic E-state index is 0.552. The summed E-state index contributed by atoms with van der Waals surface area (Å²) >= 11 is 6.13. The number of fused-ring (bicyclic) bond motifs is 1. The number of nitrogens with zero attached hydrogens (tertiary/aromatic N) is 2. The molecule has 0 amide bonds. The van der Waals surface area contributed by atoms with Crippen LogP contribution < -0.4 is 5.32 Å². The molecule has 0 aliphatic rings. The molecule has 0 spiro atoms. The average Bonchev–Trinajstić information content (AvgIpc) is 3.13. The third-order valence-corrected chi connectivity index (χ3v) is 3.94. The van der Waals surface area contributed by atoms with Gasteiger partial charge in [0.1, 0.15) is 11.6 Å². The predicted molar refractivity (Wildman–Crippen MR) is 96.0 cm³/mol. The number of furan rings is 1. The maximum Gasteiger partial charge on any atom is 0.162 e. The second kappa shape index (κ2) is 6.34. The van der Waals surface area contributed by atoms with Crippen LogP contribution in [0.1, 0.15) is 5.76 Å². The summed E-state index contributed by atoms with van der Waals surface area (Å²) in [6.45, 7) is 0.552. The zero-order chi connectivity index (χ0) is 16.4. The van der Waals surface area contributed by atoms with E-state index in [0.717, 1.165) is 28.0 Å². The molecule has 0 atom stereocenters. The first-order valence-electron chi connectivity index (χ1n) is 7.58. The highest BCUT2D eigenvalue weighted by Crippen LogP contribution is 2.27. The molecular weight excluding hydrogens is 322 g/mol. The highest BCUT2D eigenvalue weighted by molar-refractivity contribution is 6.31. The summed E-state index contributed by atoms with van der Waals surface area (Å²) in [6.07, 6.45) is 1.66. The van der Waals surface area contributed by atoms with Gasteiger partial charge in [-0.15, -0.1) is 0 Å². The van der Waals surface area contributed by atoms with Gasteiger partial charge in [-0.3, -0.25) is 0 Å². The Kier molecular flexibility index (Phi) is 3.89. The van der Waals surface area contributed by atoms with E-state index in [-0.39, 0.29) is 0 Å². The largest absolute Gasteiger partial charge is 0.467 e. The number of halogens is 1. The highest BCUT2D eigenvalue weighted by atomic mass is 35.5. The van der Waals surface area contributed by atoms with Gasteiger partial charge in [0, 0.05) is 16.0 Å². The number of rotatable bonds is 4.